The van der Waals surface area contributed by atoms with Gasteiger partial charge in [-0.25, -0.2) is 4.98 Å². The Kier molecular flexibility index (Phi) is 7.19. The molecule has 1 aliphatic heterocycles. The summed E-state index contributed by atoms with van der Waals surface area (Å²) in [5, 5.41) is 2.00. The molecule has 1 fully saturated rings. The summed E-state index contributed by atoms with van der Waals surface area (Å²) >= 11 is 1.62. The molecule has 3 heterocycles. The van der Waals surface area contributed by atoms with Crippen LogP contribution >= 0.6 is 11.3 Å². The largest absolute Gasteiger partial charge is 0.475 e. The number of methoxy groups -OCH3 is 1. The number of nitrogens with zero attached hydrogens (tertiary/aromatic N) is 2. The number of ether oxygens (including phenoxy) is 2. The van der Waals surface area contributed by atoms with Crippen molar-refractivity contribution in [1.82, 2.24) is 4.98 Å². The van der Waals surface area contributed by atoms with Crippen LogP contribution in [0.3, 0.4) is 0 Å². The van der Waals surface area contributed by atoms with Crippen LogP contribution in [0.5, 0.6) is 5.88 Å². The number of benzene rings is 1. The van der Waals surface area contributed by atoms with Crippen molar-refractivity contribution in [3.63, 3.8) is 0 Å². The van der Waals surface area contributed by atoms with Crippen molar-refractivity contribution in [2.45, 2.75) is 19.9 Å². The second kappa shape index (κ2) is 10.3. The smallest absolute Gasteiger partial charge is 0.295 e. The molecule has 7 nitrogen and oxygen atoms in total. The van der Waals surface area contributed by atoms with Crippen LogP contribution in [0.25, 0.3) is 10.4 Å². The third-order valence-corrected chi connectivity index (χ3v) is 6.70. The molecule has 8 heteroatoms. The first-order valence-corrected chi connectivity index (χ1v) is 11.9. The molecule has 1 aliphatic rings. The quantitative estimate of drug-likeness (QED) is 0.258. The van der Waals surface area contributed by atoms with Crippen molar-refractivity contribution >= 4 is 34.5 Å². The second-order valence-corrected chi connectivity index (χ2v) is 9.23. The van der Waals surface area contributed by atoms with E-state index in [1.54, 1.807) is 62.8 Å². The van der Waals surface area contributed by atoms with Crippen LogP contribution in [0.4, 0.5) is 5.69 Å². The summed E-state index contributed by atoms with van der Waals surface area (Å²) in [6, 6.07) is 14.0. The number of ketones is 2. The Labute approximate surface area is 202 Å². The number of amides is 1. The van der Waals surface area contributed by atoms with Crippen LogP contribution in [0, 0.1) is 11.8 Å². The lowest BCUT2D eigenvalue weighted by Crippen LogP contribution is -2.32. The fraction of sp³-hybridized carbons (Fsp3) is 0.308. The highest BCUT2D eigenvalue weighted by Crippen LogP contribution is 2.44. The van der Waals surface area contributed by atoms with Gasteiger partial charge in [0.15, 0.2) is 0 Å². The molecule has 0 bridgehead atoms. The Morgan fingerprint density at radius 1 is 1.09 bits per heavy atom. The normalized spacial score (nSPS) is 18.1. The number of Topliss-reactive ketones (excluding diaryl/α,β-unsaturated/α-hetero) is 2. The van der Waals surface area contributed by atoms with Gasteiger partial charge in [0.2, 0.25) is 11.7 Å². The van der Waals surface area contributed by atoms with Gasteiger partial charge in [-0.3, -0.25) is 19.3 Å². The van der Waals surface area contributed by atoms with Crippen LogP contribution in [0.2, 0.25) is 0 Å². The van der Waals surface area contributed by atoms with Crippen LogP contribution in [-0.4, -0.2) is 42.8 Å². The number of pyridine rings is 1. The Morgan fingerprint density at radius 2 is 1.85 bits per heavy atom. The molecule has 0 saturated carbocycles. The molecule has 4 rings (SSSR count). The fourth-order valence-corrected chi connectivity index (χ4v) is 4.84. The lowest BCUT2D eigenvalue weighted by Gasteiger charge is -2.28. The number of carbonyl (C=O) groups is 3. The molecule has 0 radical (unpaired) electrons. The Morgan fingerprint density at radius 3 is 2.50 bits per heavy atom. The van der Waals surface area contributed by atoms with E-state index in [1.807, 2.05) is 29.6 Å². The molecule has 0 spiro atoms. The van der Waals surface area contributed by atoms with Crippen LogP contribution in [-0.2, 0) is 19.1 Å². The van der Waals surface area contributed by atoms with Gasteiger partial charge in [0, 0.05) is 35.4 Å². The highest BCUT2D eigenvalue weighted by atomic mass is 32.1. The zero-order chi connectivity index (χ0) is 24.2. The average Bonchev–Trinajstić information content (AvgIpc) is 3.47. The van der Waals surface area contributed by atoms with Crippen molar-refractivity contribution in [2.24, 2.45) is 11.8 Å². The maximum Gasteiger partial charge on any atom is 0.295 e. The zero-order valence-electron chi connectivity index (χ0n) is 19.3. The molecule has 176 valence electrons. The van der Waals surface area contributed by atoms with E-state index in [-0.39, 0.29) is 18.3 Å². The summed E-state index contributed by atoms with van der Waals surface area (Å²) in [6.45, 7) is 4.05. The van der Waals surface area contributed by atoms with Gasteiger partial charge in [-0.1, -0.05) is 32.0 Å². The molecule has 2 atom stereocenters. The number of rotatable bonds is 9. The maximum absolute atomic E-state index is 13.3. The molecular formula is C26H26N2O5S. The van der Waals surface area contributed by atoms with Crippen molar-refractivity contribution in [2.75, 3.05) is 25.2 Å². The van der Waals surface area contributed by atoms with E-state index in [0.29, 0.717) is 17.9 Å². The number of hydrogen-bond acceptors (Lipinski definition) is 7. The Bertz CT molecular complexity index is 1170. The molecule has 1 aromatic carbocycles. The SMILES string of the molecule is COCCOc1ncccc1C1C(C(=O)C(C)C)C(=O)C(=O)N1c1ccc(-c2cccs2)cc1. The van der Waals surface area contributed by atoms with E-state index in [0.717, 1.165) is 10.4 Å². The Balaban J connectivity index is 1.79. The maximum atomic E-state index is 13.3. The van der Waals surface area contributed by atoms with Gasteiger partial charge in [-0.05, 0) is 41.3 Å². The summed E-state index contributed by atoms with van der Waals surface area (Å²) in [5.74, 6) is -2.99. The minimum atomic E-state index is -1.14. The molecule has 2 unspecified atom stereocenters. The van der Waals surface area contributed by atoms with Crippen LogP contribution in [0.1, 0.15) is 25.5 Å². The summed E-state index contributed by atoms with van der Waals surface area (Å²) < 4.78 is 10.9. The average molecular weight is 479 g/mol. The first kappa shape index (κ1) is 23.8. The van der Waals surface area contributed by atoms with Gasteiger partial charge in [-0.2, -0.15) is 0 Å². The van der Waals surface area contributed by atoms with Crippen LogP contribution in [0.15, 0.2) is 60.1 Å². The van der Waals surface area contributed by atoms with E-state index in [9.17, 15) is 14.4 Å². The zero-order valence-corrected chi connectivity index (χ0v) is 20.1. The molecule has 1 saturated heterocycles. The van der Waals surface area contributed by atoms with Crippen LogP contribution < -0.4 is 9.64 Å². The lowest BCUT2D eigenvalue weighted by molar-refractivity contribution is -0.139. The summed E-state index contributed by atoms with van der Waals surface area (Å²) in [5.41, 5.74) is 2.06. The van der Waals surface area contributed by atoms with Gasteiger partial charge in [-0.15, -0.1) is 11.3 Å². The van der Waals surface area contributed by atoms with Crippen molar-refractivity contribution in [1.29, 1.82) is 0 Å². The van der Waals surface area contributed by atoms with E-state index >= 15 is 0 Å². The molecule has 2 aromatic heterocycles. The van der Waals surface area contributed by atoms with Gasteiger partial charge in [0.1, 0.15) is 18.3 Å². The standard InChI is InChI=1S/C26H26N2O5S/c1-16(2)23(29)21-22(19-6-4-12-27-25(19)33-14-13-32-3)28(26(31)24(21)30)18-10-8-17(9-11-18)20-7-5-15-34-20/h4-12,15-16,21-22H,13-14H2,1-3H3. The molecule has 0 aliphatic carbocycles. The molecule has 1 amide bonds. The van der Waals surface area contributed by atoms with Crippen molar-refractivity contribution in [3.05, 3.63) is 65.7 Å². The van der Waals surface area contributed by atoms with Gasteiger partial charge in [0.25, 0.3) is 5.91 Å². The number of carbonyl (C=O) groups excluding carboxylic acids is 3. The van der Waals surface area contributed by atoms with E-state index < -0.39 is 29.6 Å². The predicted molar refractivity (Wildman–Crippen MR) is 130 cm³/mol. The summed E-state index contributed by atoms with van der Waals surface area (Å²) in [6.07, 6.45) is 1.57. The van der Waals surface area contributed by atoms with E-state index in [2.05, 4.69) is 4.98 Å². The predicted octanol–water partition coefficient (Wildman–Crippen LogP) is 4.33. The highest BCUT2D eigenvalue weighted by molar-refractivity contribution is 7.13. The van der Waals surface area contributed by atoms with Gasteiger partial charge >= 0.3 is 0 Å². The number of thiophene rings is 1. The summed E-state index contributed by atoms with van der Waals surface area (Å²) in [4.78, 5) is 46.4. The lowest BCUT2D eigenvalue weighted by atomic mass is 9.85. The number of hydrogen-bond donors (Lipinski definition) is 0. The monoisotopic (exact) mass is 478 g/mol. The van der Waals surface area contributed by atoms with Gasteiger partial charge < -0.3 is 9.47 Å². The molecule has 34 heavy (non-hydrogen) atoms. The van der Waals surface area contributed by atoms with Crippen molar-refractivity contribution in [3.8, 4) is 16.3 Å². The highest BCUT2D eigenvalue weighted by Gasteiger charge is 2.53. The first-order chi connectivity index (χ1) is 16.4. The fourth-order valence-electron chi connectivity index (χ4n) is 4.11. The second-order valence-electron chi connectivity index (χ2n) is 8.28. The van der Waals surface area contributed by atoms with Crippen molar-refractivity contribution < 1.29 is 23.9 Å². The third kappa shape index (κ3) is 4.51. The first-order valence-electron chi connectivity index (χ1n) is 11.1. The van der Waals surface area contributed by atoms with E-state index in [1.165, 1.54) is 4.90 Å². The Hall–Kier alpha value is -3.36. The molecule has 0 N–H and O–H groups in total. The van der Waals surface area contributed by atoms with E-state index in [4.69, 9.17) is 9.47 Å². The third-order valence-electron chi connectivity index (χ3n) is 5.78. The molecule has 3 aromatic rings. The number of aromatic nitrogens is 1. The minimum Gasteiger partial charge on any atom is -0.475 e. The number of anilines is 1. The van der Waals surface area contributed by atoms with Gasteiger partial charge in [0.05, 0.1) is 12.6 Å². The minimum absolute atomic E-state index is 0.243. The topological polar surface area (TPSA) is 85.8 Å². The summed E-state index contributed by atoms with van der Waals surface area (Å²) in [7, 11) is 1.57. The molecular weight excluding hydrogens is 452 g/mol.